The van der Waals surface area contributed by atoms with E-state index >= 15 is 0 Å². The maximum Gasteiger partial charge on any atom is 0.255 e. The Morgan fingerprint density at radius 3 is 2.31 bits per heavy atom. The fourth-order valence-corrected chi connectivity index (χ4v) is 3.51. The number of carbonyl (C=O) groups is 1. The van der Waals surface area contributed by atoms with Gasteiger partial charge in [0, 0.05) is 21.3 Å². The number of rotatable bonds is 3. The van der Waals surface area contributed by atoms with Gasteiger partial charge in [-0.25, -0.2) is 0 Å². The molecule has 0 radical (unpaired) electrons. The molecule has 0 saturated carbocycles. The molecule has 0 heterocycles. The largest absolute Gasteiger partial charge is 0.321 e. The summed E-state index contributed by atoms with van der Waals surface area (Å²) >= 11 is 3.41. The van der Waals surface area contributed by atoms with Crippen LogP contribution >= 0.6 is 15.9 Å². The van der Waals surface area contributed by atoms with Crippen LogP contribution in [0.2, 0.25) is 0 Å². The molecule has 4 aromatic rings. The van der Waals surface area contributed by atoms with Gasteiger partial charge in [-0.3, -0.25) is 4.79 Å². The molecule has 0 fully saturated rings. The van der Waals surface area contributed by atoms with E-state index in [1.54, 1.807) is 6.07 Å². The topological polar surface area (TPSA) is 29.1 Å². The second-order valence-electron chi connectivity index (χ2n) is 6.04. The minimum atomic E-state index is -0.126. The molecule has 0 aliphatic carbocycles. The van der Waals surface area contributed by atoms with Crippen LogP contribution in [-0.4, -0.2) is 5.91 Å². The lowest BCUT2D eigenvalue weighted by molar-refractivity contribution is 0.102. The van der Waals surface area contributed by atoms with Crippen molar-refractivity contribution in [2.24, 2.45) is 0 Å². The van der Waals surface area contributed by atoms with Gasteiger partial charge in [0.25, 0.3) is 5.91 Å². The average Bonchev–Trinajstić information content (AvgIpc) is 2.68. The Hall–Kier alpha value is -2.91. The summed E-state index contributed by atoms with van der Waals surface area (Å²) in [7, 11) is 0. The fourth-order valence-electron chi connectivity index (χ4n) is 3.11. The highest BCUT2D eigenvalue weighted by molar-refractivity contribution is 9.10. The molecule has 0 aliphatic heterocycles. The molecule has 2 nitrogen and oxygen atoms in total. The summed E-state index contributed by atoms with van der Waals surface area (Å²) in [4.78, 5) is 12.7. The summed E-state index contributed by atoms with van der Waals surface area (Å²) in [5.41, 5.74) is 3.53. The average molecular weight is 402 g/mol. The first-order chi connectivity index (χ1) is 12.7. The van der Waals surface area contributed by atoms with E-state index in [-0.39, 0.29) is 5.91 Å². The molecular weight excluding hydrogens is 386 g/mol. The molecule has 0 bridgehead atoms. The van der Waals surface area contributed by atoms with Crippen molar-refractivity contribution < 1.29 is 4.79 Å². The lowest BCUT2D eigenvalue weighted by Gasteiger charge is -2.13. The number of nitrogens with one attached hydrogen (secondary N) is 1. The number of fused-ring (bicyclic) bond motifs is 1. The summed E-state index contributed by atoms with van der Waals surface area (Å²) in [6.07, 6.45) is 0. The van der Waals surface area contributed by atoms with Gasteiger partial charge in [-0.2, -0.15) is 0 Å². The molecule has 1 N–H and O–H groups in total. The molecule has 126 valence electrons. The zero-order valence-corrected chi connectivity index (χ0v) is 15.5. The van der Waals surface area contributed by atoms with Crippen LogP contribution < -0.4 is 5.32 Å². The SMILES string of the molecule is O=C(Nc1ccccc1-c1cccc2ccccc12)c1cccc(Br)c1. The molecule has 0 atom stereocenters. The van der Waals surface area contributed by atoms with Gasteiger partial charge in [-0.15, -0.1) is 0 Å². The second-order valence-corrected chi connectivity index (χ2v) is 6.95. The highest BCUT2D eigenvalue weighted by atomic mass is 79.9. The fraction of sp³-hybridized carbons (Fsp3) is 0. The van der Waals surface area contributed by atoms with Crippen LogP contribution in [0.3, 0.4) is 0 Å². The van der Waals surface area contributed by atoms with Crippen molar-refractivity contribution in [3.8, 4) is 11.1 Å². The van der Waals surface area contributed by atoms with E-state index in [0.717, 1.165) is 21.3 Å². The van der Waals surface area contributed by atoms with Crippen LogP contribution in [0.15, 0.2) is 95.5 Å². The Labute approximate surface area is 160 Å². The van der Waals surface area contributed by atoms with E-state index in [4.69, 9.17) is 0 Å². The molecular formula is C23H16BrNO. The standard InChI is InChI=1S/C23H16BrNO/c24-18-10-5-9-17(15-18)23(26)25-22-14-4-3-12-21(22)20-13-6-8-16-7-1-2-11-19(16)20/h1-15H,(H,25,26). The third kappa shape index (κ3) is 3.26. The third-order valence-corrected chi connectivity index (χ3v) is 4.84. The van der Waals surface area contributed by atoms with Crippen LogP contribution in [0.4, 0.5) is 5.69 Å². The molecule has 0 aliphatic rings. The molecule has 26 heavy (non-hydrogen) atoms. The number of carbonyl (C=O) groups excluding carboxylic acids is 1. The van der Waals surface area contributed by atoms with Gasteiger partial charge in [-0.1, -0.05) is 82.7 Å². The quantitative estimate of drug-likeness (QED) is 0.415. The van der Waals surface area contributed by atoms with Gasteiger partial charge in [0.2, 0.25) is 0 Å². The number of benzene rings is 4. The van der Waals surface area contributed by atoms with Crippen LogP contribution in [0.5, 0.6) is 0 Å². The van der Waals surface area contributed by atoms with Crippen LogP contribution in [0, 0.1) is 0 Å². The predicted molar refractivity (Wildman–Crippen MR) is 111 cm³/mol. The molecule has 4 rings (SSSR count). The maximum atomic E-state index is 12.7. The number of anilines is 1. The summed E-state index contributed by atoms with van der Waals surface area (Å²) < 4.78 is 0.882. The number of hydrogen-bond acceptors (Lipinski definition) is 1. The highest BCUT2D eigenvalue weighted by Crippen LogP contribution is 2.33. The Morgan fingerprint density at radius 2 is 1.42 bits per heavy atom. The molecule has 1 amide bonds. The maximum absolute atomic E-state index is 12.7. The Kier molecular flexibility index (Phi) is 4.55. The van der Waals surface area contributed by atoms with Gasteiger partial charge in [-0.05, 0) is 40.6 Å². The number of hydrogen-bond donors (Lipinski definition) is 1. The van der Waals surface area contributed by atoms with Crippen molar-refractivity contribution in [2.75, 3.05) is 5.32 Å². The molecule has 4 aromatic carbocycles. The summed E-state index contributed by atoms with van der Waals surface area (Å²) in [6, 6.07) is 29.8. The molecule has 0 spiro atoms. The summed E-state index contributed by atoms with van der Waals surface area (Å²) in [6.45, 7) is 0. The van der Waals surface area contributed by atoms with Crippen LogP contribution in [0.25, 0.3) is 21.9 Å². The molecule has 3 heteroatoms. The lowest BCUT2D eigenvalue weighted by atomic mass is 9.97. The van der Waals surface area contributed by atoms with Crippen molar-refractivity contribution in [2.45, 2.75) is 0 Å². The Morgan fingerprint density at radius 1 is 0.731 bits per heavy atom. The lowest BCUT2D eigenvalue weighted by Crippen LogP contribution is -2.12. The summed E-state index contributed by atoms with van der Waals surface area (Å²) in [5, 5.41) is 5.40. The number of amides is 1. The minimum absolute atomic E-state index is 0.126. The van der Waals surface area contributed by atoms with E-state index in [1.165, 1.54) is 10.8 Å². The van der Waals surface area contributed by atoms with E-state index in [1.807, 2.05) is 60.7 Å². The molecule has 0 aromatic heterocycles. The van der Waals surface area contributed by atoms with Crippen molar-refractivity contribution in [1.29, 1.82) is 0 Å². The van der Waals surface area contributed by atoms with Crippen molar-refractivity contribution in [1.82, 2.24) is 0 Å². The van der Waals surface area contributed by atoms with Gasteiger partial charge in [0.05, 0.1) is 0 Å². The van der Waals surface area contributed by atoms with Crippen molar-refractivity contribution >= 4 is 38.3 Å². The monoisotopic (exact) mass is 401 g/mol. The van der Waals surface area contributed by atoms with Crippen molar-refractivity contribution in [3.63, 3.8) is 0 Å². The highest BCUT2D eigenvalue weighted by Gasteiger charge is 2.12. The van der Waals surface area contributed by atoms with Crippen LogP contribution in [-0.2, 0) is 0 Å². The van der Waals surface area contributed by atoms with E-state index in [9.17, 15) is 4.79 Å². The minimum Gasteiger partial charge on any atom is -0.321 e. The zero-order chi connectivity index (χ0) is 17.9. The summed E-state index contributed by atoms with van der Waals surface area (Å²) in [5.74, 6) is -0.126. The Balaban J connectivity index is 1.77. The Bertz CT molecular complexity index is 1100. The van der Waals surface area contributed by atoms with E-state index < -0.39 is 0 Å². The third-order valence-electron chi connectivity index (χ3n) is 4.34. The van der Waals surface area contributed by atoms with Gasteiger partial charge < -0.3 is 5.32 Å². The first kappa shape index (κ1) is 16.6. The molecule has 0 unspecified atom stereocenters. The van der Waals surface area contributed by atoms with E-state index in [0.29, 0.717) is 5.56 Å². The first-order valence-corrected chi connectivity index (χ1v) is 9.16. The zero-order valence-electron chi connectivity index (χ0n) is 13.9. The molecule has 0 saturated heterocycles. The first-order valence-electron chi connectivity index (χ1n) is 8.36. The van der Waals surface area contributed by atoms with Gasteiger partial charge >= 0.3 is 0 Å². The number of halogens is 1. The van der Waals surface area contributed by atoms with Crippen molar-refractivity contribution in [3.05, 3.63) is 101 Å². The van der Waals surface area contributed by atoms with Gasteiger partial charge in [0.1, 0.15) is 0 Å². The van der Waals surface area contributed by atoms with E-state index in [2.05, 4.69) is 45.5 Å². The number of para-hydroxylation sites is 1. The predicted octanol–water partition coefficient (Wildman–Crippen LogP) is 6.52. The smallest absolute Gasteiger partial charge is 0.255 e. The van der Waals surface area contributed by atoms with Gasteiger partial charge in [0.15, 0.2) is 0 Å². The van der Waals surface area contributed by atoms with Crippen LogP contribution in [0.1, 0.15) is 10.4 Å². The normalized spacial score (nSPS) is 10.7. The second kappa shape index (κ2) is 7.14.